The van der Waals surface area contributed by atoms with E-state index in [0.717, 1.165) is 5.56 Å². The lowest BCUT2D eigenvalue weighted by Gasteiger charge is -2.01. The Balaban J connectivity index is 3.23. The van der Waals surface area contributed by atoms with Crippen LogP contribution in [0.4, 0.5) is 0 Å². The van der Waals surface area contributed by atoms with Gasteiger partial charge in [-0.1, -0.05) is 6.07 Å². The molecule has 0 saturated carbocycles. The summed E-state index contributed by atoms with van der Waals surface area (Å²) in [5.74, 6) is -0.303. The van der Waals surface area contributed by atoms with Gasteiger partial charge in [0.25, 0.3) is 0 Å². The third-order valence-electron chi connectivity index (χ3n) is 1.66. The highest BCUT2D eigenvalue weighted by molar-refractivity contribution is 6.17. The predicted octanol–water partition coefficient (Wildman–Crippen LogP) is 1.34. The molecule has 1 aromatic carbocycles. The normalized spacial score (nSPS) is 9.62. The Morgan fingerprint density at radius 2 is 2.23 bits per heavy atom. The number of carbonyl (C=O) groups is 2. The number of alkyl halides is 1. The Kier molecular flexibility index (Phi) is 3.03. The fourth-order valence-electron chi connectivity index (χ4n) is 1.02. The monoisotopic (exact) mass is 197 g/mol. The highest BCUT2D eigenvalue weighted by Gasteiger charge is 2.07. The number of amides is 1. The topological polar surface area (TPSA) is 60.2 Å². The fourth-order valence-corrected chi connectivity index (χ4v) is 1.18. The maximum Gasteiger partial charge on any atom is 0.249 e. The Morgan fingerprint density at radius 3 is 2.69 bits per heavy atom. The van der Waals surface area contributed by atoms with Crippen molar-refractivity contribution in [1.82, 2.24) is 0 Å². The molecule has 0 spiro atoms. The van der Waals surface area contributed by atoms with Gasteiger partial charge in [-0.05, 0) is 17.7 Å². The third-order valence-corrected chi connectivity index (χ3v) is 1.97. The van der Waals surface area contributed by atoms with E-state index in [-0.39, 0.29) is 11.1 Å². The van der Waals surface area contributed by atoms with Gasteiger partial charge in [-0.15, -0.1) is 11.6 Å². The number of nitrogens with two attached hydrogens (primary N) is 1. The lowest BCUT2D eigenvalue weighted by Crippen LogP contribution is -2.13. The first kappa shape index (κ1) is 9.74. The SMILES string of the molecule is NC(=O)c1ccc(CCl)cc1C=O. The first-order valence-corrected chi connectivity index (χ1v) is 4.16. The van der Waals surface area contributed by atoms with E-state index in [2.05, 4.69) is 0 Å². The lowest BCUT2D eigenvalue weighted by atomic mass is 10.1. The zero-order valence-corrected chi connectivity index (χ0v) is 7.54. The second-order valence-electron chi connectivity index (χ2n) is 2.54. The van der Waals surface area contributed by atoms with Crippen LogP contribution in [0.25, 0.3) is 0 Å². The zero-order chi connectivity index (χ0) is 9.84. The van der Waals surface area contributed by atoms with E-state index in [0.29, 0.717) is 12.2 Å². The summed E-state index contributed by atoms with van der Waals surface area (Å²) in [4.78, 5) is 21.4. The van der Waals surface area contributed by atoms with Crippen molar-refractivity contribution in [3.05, 3.63) is 34.9 Å². The number of aldehydes is 1. The van der Waals surface area contributed by atoms with E-state index >= 15 is 0 Å². The highest BCUT2D eigenvalue weighted by atomic mass is 35.5. The van der Waals surface area contributed by atoms with Crippen LogP contribution in [-0.2, 0) is 5.88 Å². The van der Waals surface area contributed by atoms with E-state index < -0.39 is 5.91 Å². The van der Waals surface area contributed by atoms with Gasteiger partial charge in [0.05, 0.1) is 0 Å². The Labute approximate surface area is 80.5 Å². The largest absolute Gasteiger partial charge is 0.366 e. The van der Waals surface area contributed by atoms with Crippen LogP contribution in [0, 0.1) is 0 Å². The molecular weight excluding hydrogens is 190 g/mol. The van der Waals surface area contributed by atoms with Gasteiger partial charge in [-0.25, -0.2) is 0 Å². The molecule has 1 rings (SSSR count). The smallest absolute Gasteiger partial charge is 0.249 e. The quantitative estimate of drug-likeness (QED) is 0.587. The van der Waals surface area contributed by atoms with E-state index in [4.69, 9.17) is 17.3 Å². The van der Waals surface area contributed by atoms with Gasteiger partial charge < -0.3 is 5.73 Å². The van der Waals surface area contributed by atoms with Gasteiger partial charge in [-0.2, -0.15) is 0 Å². The molecule has 0 heterocycles. The van der Waals surface area contributed by atoms with Crippen LogP contribution in [0.5, 0.6) is 0 Å². The van der Waals surface area contributed by atoms with Crippen molar-refractivity contribution in [2.45, 2.75) is 5.88 Å². The molecule has 1 aromatic rings. The molecule has 68 valence electrons. The molecular formula is C9H8ClNO2. The van der Waals surface area contributed by atoms with Crippen LogP contribution in [0.15, 0.2) is 18.2 Å². The molecule has 0 aromatic heterocycles. The van der Waals surface area contributed by atoms with Gasteiger partial charge in [-0.3, -0.25) is 9.59 Å². The average Bonchev–Trinajstić information content (AvgIpc) is 2.16. The second-order valence-corrected chi connectivity index (χ2v) is 2.80. The molecule has 0 fully saturated rings. The van der Waals surface area contributed by atoms with Crippen LogP contribution < -0.4 is 5.73 Å². The van der Waals surface area contributed by atoms with Crippen LogP contribution in [0.3, 0.4) is 0 Å². The van der Waals surface area contributed by atoms with Crippen molar-refractivity contribution < 1.29 is 9.59 Å². The van der Waals surface area contributed by atoms with Crippen molar-refractivity contribution in [1.29, 1.82) is 0 Å². The molecule has 0 saturated heterocycles. The van der Waals surface area contributed by atoms with E-state index in [9.17, 15) is 9.59 Å². The molecule has 4 heteroatoms. The van der Waals surface area contributed by atoms with Crippen molar-refractivity contribution in [3.8, 4) is 0 Å². The molecule has 0 aliphatic rings. The molecule has 1 amide bonds. The predicted molar refractivity (Wildman–Crippen MR) is 49.9 cm³/mol. The molecule has 13 heavy (non-hydrogen) atoms. The Hall–Kier alpha value is -1.35. The summed E-state index contributed by atoms with van der Waals surface area (Å²) in [6.45, 7) is 0. The van der Waals surface area contributed by atoms with Crippen molar-refractivity contribution in [2.24, 2.45) is 5.73 Å². The maximum absolute atomic E-state index is 10.8. The summed E-state index contributed by atoms with van der Waals surface area (Å²) in [5, 5.41) is 0. The molecule has 0 atom stereocenters. The number of benzene rings is 1. The molecule has 0 unspecified atom stereocenters. The molecule has 0 aliphatic carbocycles. The molecule has 0 bridgehead atoms. The zero-order valence-electron chi connectivity index (χ0n) is 6.79. The van der Waals surface area contributed by atoms with E-state index in [1.165, 1.54) is 6.07 Å². The number of primary amides is 1. The van der Waals surface area contributed by atoms with Crippen LogP contribution in [-0.4, -0.2) is 12.2 Å². The molecule has 0 aliphatic heterocycles. The summed E-state index contributed by atoms with van der Waals surface area (Å²) in [6.07, 6.45) is 0.593. The minimum Gasteiger partial charge on any atom is -0.366 e. The second kappa shape index (κ2) is 4.05. The van der Waals surface area contributed by atoms with Crippen molar-refractivity contribution in [2.75, 3.05) is 0 Å². The van der Waals surface area contributed by atoms with Crippen LogP contribution in [0.1, 0.15) is 26.3 Å². The third kappa shape index (κ3) is 2.06. The van der Waals surface area contributed by atoms with Crippen LogP contribution >= 0.6 is 11.6 Å². The first-order valence-electron chi connectivity index (χ1n) is 3.63. The summed E-state index contributed by atoms with van der Waals surface area (Å²) in [6, 6.07) is 4.73. The Bertz CT molecular complexity index is 349. The lowest BCUT2D eigenvalue weighted by molar-refractivity contribution is 0.0993. The summed E-state index contributed by atoms with van der Waals surface area (Å²) >= 11 is 5.56. The standard InChI is InChI=1S/C9H8ClNO2/c10-4-6-1-2-8(9(11)13)7(3-6)5-12/h1-3,5H,4H2,(H2,11,13). The molecule has 3 nitrogen and oxygen atoms in total. The van der Waals surface area contributed by atoms with Crippen molar-refractivity contribution in [3.63, 3.8) is 0 Å². The minimum absolute atomic E-state index is 0.226. The van der Waals surface area contributed by atoms with Gasteiger partial charge >= 0.3 is 0 Å². The number of carbonyl (C=O) groups excluding carboxylic acids is 2. The van der Waals surface area contributed by atoms with Gasteiger partial charge in [0.15, 0.2) is 6.29 Å². The van der Waals surface area contributed by atoms with E-state index in [1.54, 1.807) is 12.1 Å². The number of hydrogen-bond donors (Lipinski definition) is 1. The molecule has 2 N–H and O–H groups in total. The number of halogens is 1. The number of rotatable bonds is 3. The number of hydrogen-bond acceptors (Lipinski definition) is 2. The van der Waals surface area contributed by atoms with Gasteiger partial charge in [0.2, 0.25) is 5.91 Å². The minimum atomic E-state index is -0.608. The molecule has 0 radical (unpaired) electrons. The highest BCUT2D eigenvalue weighted by Crippen LogP contribution is 2.11. The van der Waals surface area contributed by atoms with Gasteiger partial charge in [0, 0.05) is 17.0 Å². The van der Waals surface area contributed by atoms with E-state index in [1.807, 2.05) is 0 Å². The fraction of sp³-hybridized carbons (Fsp3) is 0.111. The summed E-state index contributed by atoms with van der Waals surface area (Å²) in [7, 11) is 0. The maximum atomic E-state index is 10.8. The van der Waals surface area contributed by atoms with Gasteiger partial charge in [0.1, 0.15) is 0 Å². The summed E-state index contributed by atoms with van der Waals surface area (Å²) in [5.41, 5.74) is 6.35. The first-order chi connectivity index (χ1) is 6.19. The summed E-state index contributed by atoms with van der Waals surface area (Å²) < 4.78 is 0. The Morgan fingerprint density at radius 1 is 1.54 bits per heavy atom. The van der Waals surface area contributed by atoms with Crippen molar-refractivity contribution >= 4 is 23.8 Å². The van der Waals surface area contributed by atoms with Crippen LogP contribution in [0.2, 0.25) is 0 Å². The average molecular weight is 198 g/mol.